The molecule has 2 aromatic rings. The molecule has 0 saturated carbocycles. The molecule has 0 bridgehead atoms. The van der Waals surface area contributed by atoms with Crippen LogP contribution in [0.25, 0.3) is 0 Å². The first-order chi connectivity index (χ1) is 10.7. The second kappa shape index (κ2) is 8.59. The van der Waals surface area contributed by atoms with Gasteiger partial charge < -0.3 is 10.1 Å². The van der Waals surface area contributed by atoms with Crippen LogP contribution in [0.1, 0.15) is 35.7 Å². The number of rotatable bonds is 7. The van der Waals surface area contributed by atoms with E-state index in [1.807, 2.05) is 42.5 Å². The molecule has 0 spiro atoms. The third-order valence-electron chi connectivity index (χ3n) is 3.26. The number of esters is 1. The Morgan fingerprint density at radius 2 is 1.95 bits per heavy atom. The molecule has 2 rings (SSSR count). The predicted octanol–water partition coefficient (Wildman–Crippen LogP) is 5.02. The van der Waals surface area contributed by atoms with Crippen LogP contribution in [0.15, 0.2) is 53.0 Å². The molecule has 0 fully saturated rings. The SMILES string of the molecule is CCCCNc1cc(Br)ccc1C(=O)OCc1ccccc1. The maximum atomic E-state index is 12.3. The molecular weight excluding hydrogens is 342 g/mol. The minimum atomic E-state index is -0.310. The van der Waals surface area contributed by atoms with Gasteiger partial charge in [-0.05, 0) is 30.2 Å². The molecule has 2 aromatic carbocycles. The number of carbonyl (C=O) groups is 1. The molecule has 0 amide bonds. The van der Waals surface area contributed by atoms with Crippen molar-refractivity contribution in [2.45, 2.75) is 26.4 Å². The average molecular weight is 362 g/mol. The molecule has 3 nitrogen and oxygen atoms in total. The highest BCUT2D eigenvalue weighted by Crippen LogP contribution is 2.23. The summed E-state index contributed by atoms with van der Waals surface area (Å²) in [6.07, 6.45) is 2.17. The van der Waals surface area contributed by atoms with Crippen LogP contribution in [0, 0.1) is 0 Å². The van der Waals surface area contributed by atoms with Gasteiger partial charge in [-0.1, -0.05) is 59.6 Å². The summed E-state index contributed by atoms with van der Waals surface area (Å²) in [4.78, 5) is 12.3. The Morgan fingerprint density at radius 1 is 1.18 bits per heavy atom. The first-order valence-electron chi connectivity index (χ1n) is 7.45. The fourth-order valence-corrected chi connectivity index (χ4v) is 2.40. The Kier molecular flexibility index (Phi) is 6.46. The Labute approximate surface area is 139 Å². The zero-order valence-electron chi connectivity index (χ0n) is 12.6. The molecule has 22 heavy (non-hydrogen) atoms. The summed E-state index contributed by atoms with van der Waals surface area (Å²) < 4.78 is 6.34. The maximum Gasteiger partial charge on any atom is 0.340 e. The first-order valence-corrected chi connectivity index (χ1v) is 8.24. The molecule has 1 N–H and O–H groups in total. The van der Waals surface area contributed by atoms with Crippen molar-refractivity contribution >= 4 is 27.6 Å². The van der Waals surface area contributed by atoms with Gasteiger partial charge in [0.25, 0.3) is 0 Å². The molecule has 0 heterocycles. The summed E-state index contributed by atoms with van der Waals surface area (Å²) in [5.41, 5.74) is 2.35. The summed E-state index contributed by atoms with van der Waals surface area (Å²) in [6, 6.07) is 15.2. The molecule has 0 saturated heterocycles. The third-order valence-corrected chi connectivity index (χ3v) is 3.75. The van der Waals surface area contributed by atoms with Crippen molar-refractivity contribution in [3.8, 4) is 0 Å². The van der Waals surface area contributed by atoms with Crippen molar-refractivity contribution in [1.82, 2.24) is 0 Å². The highest BCUT2D eigenvalue weighted by atomic mass is 79.9. The fourth-order valence-electron chi connectivity index (χ4n) is 2.04. The van der Waals surface area contributed by atoms with Gasteiger partial charge in [0.2, 0.25) is 0 Å². The molecule has 0 aliphatic rings. The number of anilines is 1. The highest BCUT2D eigenvalue weighted by molar-refractivity contribution is 9.10. The van der Waals surface area contributed by atoms with Crippen LogP contribution in [-0.4, -0.2) is 12.5 Å². The molecule has 0 unspecified atom stereocenters. The largest absolute Gasteiger partial charge is 0.457 e. The van der Waals surface area contributed by atoms with E-state index in [9.17, 15) is 4.79 Å². The Balaban J connectivity index is 2.04. The van der Waals surface area contributed by atoms with Crippen LogP contribution in [0.2, 0.25) is 0 Å². The van der Waals surface area contributed by atoms with Gasteiger partial charge in [0.05, 0.1) is 5.56 Å². The Morgan fingerprint density at radius 3 is 2.68 bits per heavy atom. The third kappa shape index (κ3) is 4.88. The van der Waals surface area contributed by atoms with Crippen LogP contribution < -0.4 is 5.32 Å². The van der Waals surface area contributed by atoms with Crippen molar-refractivity contribution in [2.75, 3.05) is 11.9 Å². The van der Waals surface area contributed by atoms with Crippen molar-refractivity contribution in [3.63, 3.8) is 0 Å². The number of ether oxygens (including phenoxy) is 1. The number of hydrogen-bond acceptors (Lipinski definition) is 3. The lowest BCUT2D eigenvalue weighted by atomic mass is 10.1. The molecule has 0 atom stereocenters. The Bertz CT molecular complexity index is 614. The quantitative estimate of drug-likeness (QED) is 0.555. The van der Waals surface area contributed by atoms with Gasteiger partial charge >= 0.3 is 5.97 Å². The summed E-state index contributed by atoms with van der Waals surface area (Å²) in [5, 5.41) is 3.30. The van der Waals surface area contributed by atoms with Crippen LogP contribution >= 0.6 is 15.9 Å². The second-order valence-electron chi connectivity index (χ2n) is 5.03. The minimum absolute atomic E-state index is 0.282. The topological polar surface area (TPSA) is 38.3 Å². The minimum Gasteiger partial charge on any atom is -0.457 e. The fraction of sp³-hybridized carbons (Fsp3) is 0.278. The molecule has 4 heteroatoms. The van der Waals surface area contributed by atoms with Crippen LogP contribution in [0.3, 0.4) is 0 Å². The van der Waals surface area contributed by atoms with E-state index < -0.39 is 0 Å². The second-order valence-corrected chi connectivity index (χ2v) is 5.95. The zero-order chi connectivity index (χ0) is 15.8. The van der Waals surface area contributed by atoms with Crippen LogP contribution in [0.4, 0.5) is 5.69 Å². The van der Waals surface area contributed by atoms with E-state index in [1.165, 1.54) is 0 Å². The highest BCUT2D eigenvalue weighted by Gasteiger charge is 2.13. The number of halogens is 1. The van der Waals surface area contributed by atoms with Crippen LogP contribution in [-0.2, 0) is 11.3 Å². The van der Waals surface area contributed by atoms with Gasteiger partial charge in [-0.25, -0.2) is 4.79 Å². The van der Waals surface area contributed by atoms with E-state index in [0.717, 1.165) is 35.1 Å². The smallest absolute Gasteiger partial charge is 0.340 e. The van der Waals surface area contributed by atoms with E-state index in [1.54, 1.807) is 6.07 Å². The number of nitrogens with one attached hydrogen (secondary N) is 1. The van der Waals surface area contributed by atoms with Gasteiger partial charge in [-0.2, -0.15) is 0 Å². The lowest BCUT2D eigenvalue weighted by Gasteiger charge is -2.12. The normalized spacial score (nSPS) is 10.3. The van der Waals surface area contributed by atoms with Gasteiger partial charge in [0.1, 0.15) is 6.61 Å². The number of benzene rings is 2. The monoisotopic (exact) mass is 361 g/mol. The molecule has 0 radical (unpaired) electrons. The van der Waals surface area contributed by atoms with Crippen molar-refractivity contribution < 1.29 is 9.53 Å². The van der Waals surface area contributed by atoms with E-state index in [2.05, 4.69) is 28.2 Å². The standard InChI is InChI=1S/C18H20BrNO2/c1-2-3-11-20-17-12-15(19)9-10-16(17)18(21)22-13-14-7-5-4-6-8-14/h4-10,12,20H,2-3,11,13H2,1H3. The van der Waals surface area contributed by atoms with Crippen molar-refractivity contribution in [3.05, 3.63) is 64.1 Å². The summed E-state index contributed by atoms with van der Waals surface area (Å²) >= 11 is 3.44. The Hall–Kier alpha value is -1.81. The number of unbranched alkanes of at least 4 members (excludes halogenated alkanes) is 1. The molecule has 0 aromatic heterocycles. The summed E-state index contributed by atoms with van der Waals surface area (Å²) in [7, 11) is 0. The van der Waals surface area contributed by atoms with Crippen LogP contribution in [0.5, 0.6) is 0 Å². The molecular formula is C18H20BrNO2. The maximum absolute atomic E-state index is 12.3. The predicted molar refractivity (Wildman–Crippen MR) is 93.1 cm³/mol. The molecule has 116 valence electrons. The molecule has 0 aliphatic carbocycles. The summed E-state index contributed by atoms with van der Waals surface area (Å²) in [5.74, 6) is -0.310. The van der Waals surface area contributed by atoms with E-state index >= 15 is 0 Å². The number of carbonyl (C=O) groups excluding carboxylic acids is 1. The van der Waals surface area contributed by atoms with Gasteiger partial charge in [0.15, 0.2) is 0 Å². The zero-order valence-corrected chi connectivity index (χ0v) is 14.2. The lowest BCUT2D eigenvalue weighted by Crippen LogP contribution is -2.11. The van der Waals surface area contributed by atoms with Gasteiger partial charge in [-0.15, -0.1) is 0 Å². The van der Waals surface area contributed by atoms with Gasteiger partial charge in [-0.3, -0.25) is 0 Å². The van der Waals surface area contributed by atoms with E-state index in [-0.39, 0.29) is 12.6 Å². The lowest BCUT2D eigenvalue weighted by molar-refractivity contribution is 0.0474. The summed E-state index contributed by atoms with van der Waals surface area (Å²) in [6.45, 7) is 3.26. The van der Waals surface area contributed by atoms with Gasteiger partial charge in [0, 0.05) is 16.7 Å². The van der Waals surface area contributed by atoms with E-state index in [4.69, 9.17) is 4.74 Å². The molecule has 0 aliphatic heterocycles. The van der Waals surface area contributed by atoms with Crippen molar-refractivity contribution in [2.24, 2.45) is 0 Å². The number of hydrogen-bond donors (Lipinski definition) is 1. The van der Waals surface area contributed by atoms with E-state index in [0.29, 0.717) is 5.56 Å². The van der Waals surface area contributed by atoms with Crippen molar-refractivity contribution in [1.29, 1.82) is 0 Å². The first kappa shape index (κ1) is 16.6. The average Bonchev–Trinajstić information content (AvgIpc) is 2.54.